The van der Waals surface area contributed by atoms with Crippen LogP contribution in [-0.2, 0) is 13.1 Å². The number of benzene rings is 2. The summed E-state index contributed by atoms with van der Waals surface area (Å²) in [5, 5.41) is 3.47. The molecule has 2 heterocycles. The maximum absolute atomic E-state index is 13.3. The Balaban J connectivity index is 1.24. The number of anilines is 1. The lowest BCUT2D eigenvalue weighted by Gasteiger charge is -2.41. The summed E-state index contributed by atoms with van der Waals surface area (Å²) < 4.78 is 11.0. The number of hydrogen-bond donors (Lipinski definition) is 2. The van der Waals surface area contributed by atoms with Crippen molar-refractivity contribution in [3.8, 4) is 11.5 Å². The number of ether oxygens (including phenoxy) is 2. The molecule has 0 saturated heterocycles. The van der Waals surface area contributed by atoms with Gasteiger partial charge >= 0.3 is 0 Å². The van der Waals surface area contributed by atoms with Gasteiger partial charge in [0, 0.05) is 71.0 Å². The summed E-state index contributed by atoms with van der Waals surface area (Å²) in [4.78, 5) is 33.8. The molecule has 0 unspecified atom stereocenters. The number of nitrogens with one attached hydrogen (secondary N) is 2. The molecule has 1 saturated carbocycles. The molecular formula is C33H41ClN4O4. The molecule has 1 fully saturated rings. The van der Waals surface area contributed by atoms with Crippen molar-refractivity contribution >= 4 is 23.2 Å². The number of nitrogens with zero attached hydrogens (tertiary/aromatic N) is 2. The molecule has 2 aliphatic rings. The van der Waals surface area contributed by atoms with Crippen molar-refractivity contribution in [1.82, 2.24) is 15.2 Å². The zero-order valence-electron chi connectivity index (χ0n) is 25.2. The maximum Gasteiger partial charge on any atom is 0.251 e. The maximum atomic E-state index is 13.3. The number of aromatic nitrogens is 1. The molecule has 1 aliphatic heterocycles. The molecule has 2 N–H and O–H groups in total. The molecule has 0 bridgehead atoms. The molecular weight excluding hydrogens is 552 g/mol. The molecule has 0 atom stereocenters. The van der Waals surface area contributed by atoms with Gasteiger partial charge in [-0.15, -0.1) is 0 Å². The first kappa shape index (κ1) is 30.0. The molecule has 1 amide bonds. The Morgan fingerprint density at radius 2 is 1.74 bits per heavy atom. The van der Waals surface area contributed by atoms with E-state index in [0.29, 0.717) is 35.0 Å². The average Bonchev–Trinajstić information content (AvgIpc) is 3.42. The summed E-state index contributed by atoms with van der Waals surface area (Å²) in [7, 11) is 2.20. The van der Waals surface area contributed by atoms with Gasteiger partial charge in [-0.05, 0) is 95.8 Å². The number of hydrogen-bond acceptors (Lipinski definition) is 6. The Morgan fingerprint density at radius 1 is 1.02 bits per heavy atom. The summed E-state index contributed by atoms with van der Waals surface area (Å²) >= 11 is 6.58. The van der Waals surface area contributed by atoms with E-state index in [0.717, 1.165) is 72.9 Å². The van der Waals surface area contributed by atoms with Crippen LogP contribution in [0.1, 0.15) is 71.0 Å². The highest BCUT2D eigenvalue weighted by molar-refractivity contribution is 6.31. The molecule has 0 spiro atoms. The summed E-state index contributed by atoms with van der Waals surface area (Å²) in [6.45, 7) is 9.97. The second-order valence-electron chi connectivity index (χ2n) is 11.6. The van der Waals surface area contributed by atoms with Crippen molar-refractivity contribution in [3.63, 3.8) is 0 Å². The Labute approximate surface area is 253 Å². The predicted molar refractivity (Wildman–Crippen MR) is 167 cm³/mol. The lowest BCUT2D eigenvalue weighted by atomic mass is 9.88. The molecule has 9 heteroatoms. The van der Waals surface area contributed by atoms with Crippen molar-refractivity contribution in [2.45, 2.75) is 78.6 Å². The lowest BCUT2D eigenvalue weighted by molar-refractivity contribution is 0.0950. The van der Waals surface area contributed by atoms with E-state index in [1.165, 1.54) is 5.56 Å². The van der Waals surface area contributed by atoms with Crippen molar-refractivity contribution in [3.05, 3.63) is 85.3 Å². The summed E-state index contributed by atoms with van der Waals surface area (Å²) in [5.74, 6) is 1.41. The summed E-state index contributed by atoms with van der Waals surface area (Å²) in [6, 6.07) is 12.3. The van der Waals surface area contributed by atoms with Crippen LogP contribution in [0, 0.1) is 20.8 Å². The number of aromatic amines is 1. The molecule has 5 rings (SSSR count). The van der Waals surface area contributed by atoms with E-state index in [9.17, 15) is 9.59 Å². The highest BCUT2D eigenvalue weighted by Gasteiger charge is 2.29. The van der Waals surface area contributed by atoms with E-state index in [1.54, 1.807) is 12.1 Å². The molecule has 0 radical (unpaired) electrons. The van der Waals surface area contributed by atoms with Crippen LogP contribution >= 0.6 is 11.6 Å². The van der Waals surface area contributed by atoms with Gasteiger partial charge in [0.25, 0.3) is 5.91 Å². The largest absolute Gasteiger partial charge is 0.454 e. The number of carbonyl (C=O) groups is 1. The number of pyridine rings is 1. The van der Waals surface area contributed by atoms with Gasteiger partial charge in [-0.3, -0.25) is 14.5 Å². The standard InChI is InChI=1S/C33H41ClN4O4/c1-6-38(26-10-8-25(9-11-26)37(5)18-23-7-12-31-32(14-23)42-19-41-31)29-16-24(34)15-27(21(29)3)33(40)35-17-28-22(4)36-20(2)13-30(28)39/h7,12-16,25-26H,6,8-11,17-19H2,1-5H3,(H,35,40)(H,36,39). The number of aryl methyl sites for hydroxylation is 2. The molecule has 1 aromatic heterocycles. The third-order valence-electron chi connectivity index (χ3n) is 8.75. The molecule has 3 aromatic rings. The SMILES string of the molecule is CCN(c1cc(Cl)cc(C(=O)NCc2c(C)[nH]c(C)cc2=O)c1C)C1CCC(N(C)Cc2ccc3c(c2)OCO3)CC1. The minimum absolute atomic E-state index is 0.0816. The van der Waals surface area contributed by atoms with Crippen LogP contribution in [0.25, 0.3) is 0 Å². The lowest BCUT2D eigenvalue weighted by Crippen LogP contribution is -2.43. The van der Waals surface area contributed by atoms with Gasteiger partial charge in [0.1, 0.15) is 0 Å². The zero-order chi connectivity index (χ0) is 30.0. The van der Waals surface area contributed by atoms with E-state index >= 15 is 0 Å². The number of carbonyl (C=O) groups excluding carboxylic acids is 1. The number of halogens is 1. The van der Waals surface area contributed by atoms with Gasteiger partial charge in [-0.2, -0.15) is 0 Å². The third-order valence-corrected chi connectivity index (χ3v) is 8.97. The second kappa shape index (κ2) is 12.8. The summed E-state index contributed by atoms with van der Waals surface area (Å²) in [6.07, 6.45) is 4.32. The molecule has 8 nitrogen and oxygen atoms in total. The Morgan fingerprint density at radius 3 is 2.45 bits per heavy atom. The molecule has 2 aromatic carbocycles. The fourth-order valence-corrected chi connectivity index (χ4v) is 6.66. The Kier molecular flexibility index (Phi) is 9.13. The van der Waals surface area contributed by atoms with E-state index in [1.807, 2.05) is 32.9 Å². The fraction of sp³-hybridized carbons (Fsp3) is 0.455. The van der Waals surface area contributed by atoms with E-state index in [4.69, 9.17) is 21.1 Å². The highest BCUT2D eigenvalue weighted by atomic mass is 35.5. The van der Waals surface area contributed by atoms with Crippen LogP contribution in [0.3, 0.4) is 0 Å². The number of fused-ring (bicyclic) bond motifs is 1. The second-order valence-corrected chi connectivity index (χ2v) is 12.0. The third kappa shape index (κ3) is 6.45. The number of rotatable bonds is 9. The van der Waals surface area contributed by atoms with Gasteiger partial charge in [-0.1, -0.05) is 17.7 Å². The van der Waals surface area contributed by atoms with Crippen LogP contribution in [0.2, 0.25) is 5.02 Å². The quantitative estimate of drug-likeness (QED) is 0.323. The predicted octanol–water partition coefficient (Wildman–Crippen LogP) is 5.88. The molecule has 1 aliphatic carbocycles. The smallest absolute Gasteiger partial charge is 0.251 e. The van der Waals surface area contributed by atoms with Crippen LogP contribution in [0.15, 0.2) is 41.2 Å². The number of amides is 1. The normalized spacial score (nSPS) is 17.9. The van der Waals surface area contributed by atoms with Crippen molar-refractivity contribution in [1.29, 1.82) is 0 Å². The van der Waals surface area contributed by atoms with Gasteiger partial charge in [0.15, 0.2) is 16.9 Å². The van der Waals surface area contributed by atoms with Gasteiger partial charge in [0.05, 0.1) is 0 Å². The van der Waals surface area contributed by atoms with E-state index < -0.39 is 0 Å². The van der Waals surface area contributed by atoms with Crippen molar-refractivity contribution in [2.75, 3.05) is 25.3 Å². The zero-order valence-corrected chi connectivity index (χ0v) is 25.9. The Bertz CT molecular complexity index is 1510. The minimum Gasteiger partial charge on any atom is -0.454 e. The topological polar surface area (TPSA) is 86.9 Å². The fourth-order valence-electron chi connectivity index (χ4n) is 6.45. The molecule has 42 heavy (non-hydrogen) atoms. The number of H-pyrrole nitrogens is 1. The van der Waals surface area contributed by atoms with Crippen LogP contribution < -0.4 is 25.1 Å². The highest BCUT2D eigenvalue weighted by Crippen LogP contribution is 2.36. The average molecular weight is 593 g/mol. The minimum atomic E-state index is -0.236. The van der Waals surface area contributed by atoms with Crippen LogP contribution in [0.5, 0.6) is 11.5 Å². The van der Waals surface area contributed by atoms with Crippen LogP contribution in [0.4, 0.5) is 5.69 Å². The van der Waals surface area contributed by atoms with E-state index in [2.05, 4.69) is 46.2 Å². The van der Waals surface area contributed by atoms with Crippen LogP contribution in [-0.4, -0.2) is 48.3 Å². The van der Waals surface area contributed by atoms with Crippen molar-refractivity contribution in [2.24, 2.45) is 0 Å². The first-order valence-corrected chi connectivity index (χ1v) is 15.2. The monoisotopic (exact) mass is 592 g/mol. The van der Waals surface area contributed by atoms with E-state index in [-0.39, 0.29) is 17.9 Å². The Hall–Kier alpha value is -3.49. The van der Waals surface area contributed by atoms with Gasteiger partial charge in [-0.25, -0.2) is 0 Å². The molecule has 224 valence electrons. The first-order chi connectivity index (χ1) is 20.1. The van der Waals surface area contributed by atoms with Gasteiger partial charge < -0.3 is 24.7 Å². The van der Waals surface area contributed by atoms with Gasteiger partial charge in [0.2, 0.25) is 6.79 Å². The van der Waals surface area contributed by atoms with Crippen molar-refractivity contribution < 1.29 is 14.3 Å². The summed E-state index contributed by atoms with van der Waals surface area (Å²) in [5.41, 5.74) is 5.69. The first-order valence-electron chi connectivity index (χ1n) is 14.8.